The molecule has 0 saturated carbocycles. The van der Waals surface area contributed by atoms with E-state index < -0.39 is 12.0 Å². The van der Waals surface area contributed by atoms with Crippen LogP contribution in [0.1, 0.15) is 35.5 Å². The van der Waals surface area contributed by atoms with Crippen LogP contribution in [0.4, 0.5) is 0 Å². The fourth-order valence-electron chi connectivity index (χ4n) is 1.53. The summed E-state index contributed by atoms with van der Waals surface area (Å²) in [7, 11) is 0. The minimum absolute atomic E-state index is 0.340. The number of aliphatic hydroxyl groups is 1. The first-order valence-electron chi connectivity index (χ1n) is 5.60. The lowest BCUT2D eigenvalue weighted by molar-refractivity contribution is 0.100. The van der Waals surface area contributed by atoms with Gasteiger partial charge in [0, 0.05) is 6.20 Å². The predicted octanol–water partition coefficient (Wildman–Crippen LogP) is 0.810. The van der Waals surface area contributed by atoms with Crippen LogP contribution < -0.4 is 5.73 Å². The highest BCUT2D eigenvalue weighted by Crippen LogP contribution is 2.15. The fraction of sp³-hybridized carbons (Fsp3) is 0.250. The van der Waals surface area contributed by atoms with Crippen molar-refractivity contribution in [1.82, 2.24) is 14.8 Å². The van der Waals surface area contributed by atoms with Gasteiger partial charge in [-0.3, -0.25) is 9.78 Å². The second-order valence-corrected chi connectivity index (χ2v) is 3.90. The van der Waals surface area contributed by atoms with Gasteiger partial charge in [0.1, 0.15) is 0 Å². The number of hydrogen-bond acceptors (Lipinski definition) is 4. The van der Waals surface area contributed by atoms with Crippen LogP contribution in [0.2, 0.25) is 0 Å². The molecule has 3 N–H and O–H groups in total. The maximum Gasteiger partial charge on any atom is 0.251 e. The summed E-state index contributed by atoms with van der Waals surface area (Å²) in [6.07, 6.45) is 4.58. The fourth-order valence-corrected chi connectivity index (χ4v) is 1.53. The van der Waals surface area contributed by atoms with Gasteiger partial charge in [0.05, 0.1) is 35.4 Å². The van der Waals surface area contributed by atoms with Crippen LogP contribution in [-0.2, 0) is 0 Å². The van der Waals surface area contributed by atoms with E-state index in [1.807, 2.05) is 6.92 Å². The zero-order chi connectivity index (χ0) is 13.1. The van der Waals surface area contributed by atoms with E-state index in [4.69, 9.17) is 5.73 Å². The average Bonchev–Trinajstić information content (AvgIpc) is 2.88. The maximum absolute atomic E-state index is 10.9. The number of nitrogens with two attached hydrogens (primary N) is 1. The van der Waals surface area contributed by atoms with E-state index in [0.29, 0.717) is 23.4 Å². The number of amides is 1. The summed E-state index contributed by atoms with van der Waals surface area (Å²) in [4.78, 5) is 15.1. The Balaban J connectivity index is 2.25. The SMILES string of the molecule is CC[C@@H](O)c1ccc(-n2cc(C(N)=O)cn2)cn1. The molecule has 0 bridgehead atoms. The summed E-state index contributed by atoms with van der Waals surface area (Å²) >= 11 is 0. The van der Waals surface area contributed by atoms with Gasteiger partial charge >= 0.3 is 0 Å². The normalized spacial score (nSPS) is 12.3. The third kappa shape index (κ3) is 2.38. The van der Waals surface area contributed by atoms with Gasteiger partial charge in [0.15, 0.2) is 0 Å². The molecule has 0 aliphatic carbocycles. The molecule has 94 valence electrons. The summed E-state index contributed by atoms with van der Waals surface area (Å²) in [5.41, 5.74) is 6.80. The molecule has 2 aromatic heterocycles. The monoisotopic (exact) mass is 246 g/mol. The quantitative estimate of drug-likeness (QED) is 0.834. The van der Waals surface area contributed by atoms with Crippen molar-refractivity contribution in [2.45, 2.75) is 19.4 Å². The van der Waals surface area contributed by atoms with Crippen molar-refractivity contribution in [1.29, 1.82) is 0 Å². The van der Waals surface area contributed by atoms with Crippen LogP contribution in [0.3, 0.4) is 0 Å². The van der Waals surface area contributed by atoms with E-state index in [0.717, 1.165) is 0 Å². The number of primary amides is 1. The molecule has 0 radical (unpaired) electrons. The molecule has 1 atom stereocenters. The Bertz CT molecular complexity index is 547. The molecule has 18 heavy (non-hydrogen) atoms. The molecule has 0 aromatic carbocycles. The highest BCUT2D eigenvalue weighted by molar-refractivity contribution is 5.92. The number of carbonyl (C=O) groups excluding carboxylic acids is 1. The van der Waals surface area contributed by atoms with Crippen molar-refractivity contribution < 1.29 is 9.90 Å². The Kier molecular flexibility index (Phi) is 3.38. The molecule has 0 unspecified atom stereocenters. The summed E-state index contributed by atoms with van der Waals surface area (Å²) in [6, 6.07) is 3.51. The molecule has 0 fully saturated rings. The lowest BCUT2D eigenvalue weighted by Gasteiger charge is -2.07. The first-order chi connectivity index (χ1) is 8.61. The molecule has 0 aliphatic rings. The van der Waals surface area contributed by atoms with E-state index in [2.05, 4.69) is 10.1 Å². The van der Waals surface area contributed by atoms with Gasteiger partial charge in [-0.25, -0.2) is 4.68 Å². The molecule has 2 rings (SSSR count). The Morgan fingerprint density at radius 3 is 2.78 bits per heavy atom. The Hall–Kier alpha value is -2.21. The number of rotatable bonds is 4. The smallest absolute Gasteiger partial charge is 0.251 e. The summed E-state index contributed by atoms with van der Waals surface area (Å²) in [5.74, 6) is -0.521. The van der Waals surface area contributed by atoms with Gasteiger partial charge in [0.2, 0.25) is 0 Å². The number of aromatic nitrogens is 3. The Morgan fingerprint density at radius 2 is 2.28 bits per heavy atom. The number of nitrogens with zero attached hydrogens (tertiary/aromatic N) is 3. The molecule has 2 aromatic rings. The molecule has 0 spiro atoms. The standard InChI is InChI=1S/C12H14N4O2/c1-2-11(17)10-4-3-9(6-14-10)16-7-8(5-15-16)12(13)18/h3-7,11,17H,2H2,1H3,(H2,13,18)/t11-/m1/s1. The topological polar surface area (TPSA) is 94.0 Å². The summed E-state index contributed by atoms with van der Waals surface area (Å²) in [6.45, 7) is 1.88. The van der Waals surface area contributed by atoms with Crippen molar-refractivity contribution >= 4 is 5.91 Å². The van der Waals surface area contributed by atoms with Gasteiger partial charge in [0.25, 0.3) is 5.91 Å². The second-order valence-electron chi connectivity index (χ2n) is 3.90. The van der Waals surface area contributed by atoms with Gasteiger partial charge in [-0.2, -0.15) is 5.10 Å². The Morgan fingerprint density at radius 1 is 1.50 bits per heavy atom. The minimum atomic E-state index is -0.558. The van der Waals surface area contributed by atoms with Crippen molar-refractivity contribution in [3.63, 3.8) is 0 Å². The van der Waals surface area contributed by atoms with E-state index in [1.54, 1.807) is 18.3 Å². The van der Waals surface area contributed by atoms with Crippen LogP contribution in [0.15, 0.2) is 30.7 Å². The average molecular weight is 246 g/mol. The van der Waals surface area contributed by atoms with Gasteiger partial charge in [-0.1, -0.05) is 6.92 Å². The van der Waals surface area contributed by atoms with E-state index in [9.17, 15) is 9.90 Å². The van der Waals surface area contributed by atoms with E-state index >= 15 is 0 Å². The lowest BCUT2D eigenvalue weighted by Crippen LogP contribution is -2.09. The summed E-state index contributed by atoms with van der Waals surface area (Å²) in [5, 5.41) is 13.6. The molecule has 6 heteroatoms. The number of pyridine rings is 1. The second kappa shape index (κ2) is 4.97. The van der Waals surface area contributed by atoms with Gasteiger partial charge in [-0.05, 0) is 18.6 Å². The van der Waals surface area contributed by atoms with Crippen LogP contribution >= 0.6 is 0 Å². The molecule has 0 aliphatic heterocycles. The molecule has 6 nitrogen and oxygen atoms in total. The first-order valence-corrected chi connectivity index (χ1v) is 5.60. The largest absolute Gasteiger partial charge is 0.387 e. The predicted molar refractivity (Wildman–Crippen MR) is 65.1 cm³/mol. The van der Waals surface area contributed by atoms with Crippen LogP contribution in [-0.4, -0.2) is 25.8 Å². The molecular weight excluding hydrogens is 232 g/mol. The molecular formula is C12H14N4O2. The van der Waals surface area contributed by atoms with Crippen LogP contribution in [0.5, 0.6) is 0 Å². The third-order valence-corrected chi connectivity index (χ3v) is 2.63. The maximum atomic E-state index is 10.9. The van der Waals surface area contributed by atoms with Crippen LogP contribution in [0, 0.1) is 0 Å². The first kappa shape index (κ1) is 12.3. The molecule has 2 heterocycles. The van der Waals surface area contributed by atoms with E-state index in [1.165, 1.54) is 17.1 Å². The number of hydrogen-bond donors (Lipinski definition) is 2. The van der Waals surface area contributed by atoms with Crippen LogP contribution in [0.25, 0.3) is 5.69 Å². The van der Waals surface area contributed by atoms with Gasteiger partial charge < -0.3 is 10.8 Å². The van der Waals surface area contributed by atoms with E-state index in [-0.39, 0.29) is 0 Å². The van der Waals surface area contributed by atoms with Gasteiger partial charge in [-0.15, -0.1) is 0 Å². The number of aliphatic hydroxyl groups excluding tert-OH is 1. The van der Waals surface area contributed by atoms with Crippen molar-refractivity contribution in [2.75, 3.05) is 0 Å². The van der Waals surface area contributed by atoms with Crippen molar-refractivity contribution in [2.24, 2.45) is 5.73 Å². The van der Waals surface area contributed by atoms with Crippen molar-refractivity contribution in [3.8, 4) is 5.69 Å². The van der Waals surface area contributed by atoms with Crippen molar-refractivity contribution in [3.05, 3.63) is 42.0 Å². The zero-order valence-electron chi connectivity index (χ0n) is 9.95. The highest BCUT2D eigenvalue weighted by atomic mass is 16.3. The molecule has 1 amide bonds. The number of carbonyl (C=O) groups is 1. The lowest BCUT2D eigenvalue weighted by atomic mass is 10.2. The minimum Gasteiger partial charge on any atom is -0.387 e. The molecule has 0 saturated heterocycles. The Labute approximate surface area is 104 Å². The summed E-state index contributed by atoms with van der Waals surface area (Å²) < 4.78 is 1.51. The highest BCUT2D eigenvalue weighted by Gasteiger charge is 2.08. The zero-order valence-corrected chi connectivity index (χ0v) is 9.95. The third-order valence-electron chi connectivity index (χ3n) is 2.63.